The van der Waals surface area contributed by atoms with Gasteiger partial charge in [0, 0.05) is 25.9 Å². The molecule has 0 rings (SSSR count). The number of rotatable bonds is 42. The minimum atomic E-state index is -1.02. The van der Waals surface area contributed by atoms with Gasteiger partial charge in [-0.3, -0.25) is 14.4 Å². The van der Waals surface area contributed by atoms with Gasteiger partial charge in [-0.15, -0.1) is 0 Å². The van der Waals surface area contributed by atoms with Gasteiger partial charge in [0.1, 0.15) is 6.04 Å². The van der Waals surface area contributed by atoms with Crippen LogP contribution in [0.1, 0.15) is 135 Å². The van der Waals surface area contributed by atoms with Crippen LogP contribution in [0.15, 0.2) is 0 Å². The molecule has 312 valence electrons. The Morgan fingerprint density at radius 2 is 0.925 bits per heavy atom. The second-order valence-electron chi connectivity index (χ2n) is 13.3. The highest BCUT2D eigenvalue weighted by Gasteiger charge is 2.19. The van der Waals surface area contributed by atoms with Crippen LogP contribution in [0.2, 0.25) is 0 Å². The molecule has 0 bridgehead atoms. The van der Waals surface area contributed by atoms with Crippen LogP contribution in [0.4, 0.5) is 0 Å². The molecular formula is C39H74IN3O10. The number of carboxylic acids is 1. The molecule has 53 heavy (non-hydrogen) atoms. The maximum absolute atomic E-state index is 12.3. The summed E-state index contributed by atoms with van der Waals surface area (Å²) < 4.78 is 27.5. The Labute approximate surface area is 334 Å². The number of carbonyl (C=O) groups excluding carboxylic acids is 3. The van der Waals surface area contributed by atoms with Crippen LogP contribution in [0.3, 0.4) is 0 Å². The first-order chi connectivity index (χ1) is 25.9. The van der Waals surface area contributed by atoms with Crippen molar-refractivity contribution in [3.05, 3.63) is 0 Å². The number of alkyl halides is 1. The van der Waals surface area contributed by atoms with Crippen molar-refractivity contribution in [1.29, 1.82) is 0 Å². The summed E-state index contributed by atoms with van der Waals surface area (Å²) in [7, 11) is 0. The predicted molar refractivity (Wildman–Crippen MR) is 217 cm³/mol. The quantitative estimate of drug-likeness (QED) is 0.0318. The largest absolute Gasteiger partial charge is 0.480 e. The zero-order chi connectivity index (χ0) is 38.9. The number of ether oxygens (including phenoxy) is 5. The fourth-order valence-electron chi connectivity index (χ4n) is 5.43. The SMILES string of the molecule is CCCCCCCCCCCCCCCCCC(=O)NC(CCCCNC(=O)CCOCCOCCOCCOCCOCCNC(=O)CI)C(=O)O. The fraction of sp³-hybridized carbons (Fsp3) is 0.897. The molecule has 1 atom stereocenters. The van der Waals surface area contributed by atoms with Gasteiger partial charge in [-0.05, 0) is 25.7 Å². The highest BCUT2D eigenvalue weighted by Crippen LogP contribution is 2.14. The Morgan fingerprint density at radius 1 is 0.491 bits per heavy atom. The van der Waals surface area contributed by atoms with Gasteiger partial charge in [-0.25, -0.2) is 4.79 Å². The Kier molecular flexibility index (Phi) is 40.3. The molecule has 0 fully saturated rings. The summed E-state index contributed by atoms with van der Waals surface area (Å²) in [6, 6.07) is -0.903. The van der Waals surface area contributed by atoms with Crippen molar-refractivity contribution in [2.45, 2.75) is 141 Å². The number of aliphatic carboxylic acids is 1. The standard InChI is InChI=1S/C39H74IN3O10/c1-2-3-4-5-6-7-8-9-10-11-12-13-14-15-16-20-37(45)43-35(39(47)48)19-17-18-22-41-36(44)21-24-49-26-28-51-30-32-53-33-31-52-29-27-50-25-23-42-38(46)34-40/h35H,2-34H2,1H3,(H,41,44)(H,42,46)(H,43,45)(H,47,48). The van der Waals surface area contributed by atoms with E-state index in [-0.39, 0.29) is 30.7 Å². The van der Waals surface area contributed by atoms with Gasteiger partial charge in [0.2, 0.25) is 17.7 Å². The monoisotopic (exact) mass is 871 g/mol. The van der Waals surface area contributed by atoms with E-state index >= 15 is 0 Å². The third kappa shape index (κ3) is 39.9. The Hall–Kier alpha value is -1.59. The minimum absolute atomic E-state index is 0.00148. The molecule has 14 heteroatoms. The summed E-state index contributed by atoms with van der Waals surface area (Å²) in [6.45, 7) is 7.42. The maximum Gasteiger partial charge on any atom is 0.326 e. The molecule has 1 unspecified atom stereocenters. The first-order valence-electron chi connectivity index (χ1n) is 20.4. The fourth-order valence-corrected chi connectivity index (χ4v) is 5.70. The number of amides is 3. The number of hydrogen-bond donors (Lipinski definition) is 4. The second-order valence-corrected chi connectivity index (χ2v) is 14.1. The molecule has 13 nitrogen and oxygen atoms in total. The maximum atomic E-state index is 12.3. The van der Waals surface area contributed by atoms with E-state index in [0.717, 1.165) is 19.3 Å². The van der Waals surface area contributed by atoms with Crippen molar-refractivity contribution in [2.24, 2.45) is 0 Å². The van der Waals surface area contributed by atoms with E-state index in [1.54, 1.807) is 0 Å². The van der Waals surface area contributed by atoms with E-state index in [2.05, 4.69) is 22.9 Å². The lowest BCUT2D eigenvalue weighted by Gasteiger charge is -2.14. The Morgan fingerprint density at radius 3 is 1.40 bits per heavy atom. The van der Waals surface area contributed by atoms with E-state index in [9.17, 15) is 24.3 Å². The Bertz CT molecular complexity index is 871. The third-order valence-electron chi connectivity index (χ3n) is 8.53. The van der Waals surface area contributed by atoms with Crippen LogP contribution in [0.5, 0.6) is 0 Å². The van der Waals surface area contributed by atoms with Crippen molar-refractivity contribution in [2.75, 3.05) is 83.6 Å². The van der Waals surface area contributed by atoms with Crippen LogP contribution in [-0.2, 0) is 42.9 Å². The zero-order valence-corrected chi connectivity index (χ0v) is 35.1. The van der Waals surface area contributed by atoms with E-state index < -0.39 is 12.0 Å². The van der Waals surface area contributed by atoms with Gasteiger partial charge in [-0.1, -0.05) is 119 Å². The van der Waals surface area contributed by atoms with Gasteiger partial charge in [0.05, 0.1) is 70.5 Å². The lowest BCUT2D eigenvalue weighted by atomic mass is 10.0. The number of hydrogen-bond acceptors (Lipinski definition) is 9. The van der Waals surface area contributed by atoms with Gasteiger partial charge in [0.25, 0.3) is 0 Å². The molecule has 0 aliphatic heterocycles. The van der Waals surface area contributed by atoms with Crippen molar-refractivity contribution in [3.63, 3.8) is 0 Å². The van der Waals surface area contributed by atoms with Crippen LogP contribution in [0, 0.1) is 0 Å². The summed E-state index contributed by atoms with van der Waals surface area (Å²) in [6.07, 6.45) is 21.1. The number of carbonyl (C=O) groups is 4. The number of unbranched alkanes of at least 4 members (excludes halogenated alkanes) is 15. The minimum Gasteiger partial charge on any atom is -0.480 e. The van der Waals surface area contributed by atoms with Crippen molar-refractivity contribution >= 4 is 46.3 Å². The molecule has 0 spiro atoms. The molecular weight excluding hydrogens is 797 g/mol. The number of nitrogens with one attached hydrogen (secondary N) is 3. The molecule has 0 radical (unpaired) electrons. The molecule has 0 heterocycles. The lowest BCUT2D eigenvalue weighted by molar-refractivity contribution is -0.142. The smallest absolute Gasteiger partial charge is 0.326 e. The van der Waals surface area contributed by atoms with Crippen molar-refractivity contribution in [3.8, 4) is 0 Å². The molecule has 0 aromatic rings. The van der Waals surface area contributed by atoms with Gasteiger partial charge < -0.3 is 44.7 Å². The normalized spacial score (nSPS) is 11.7. The zero-order valence-electron chi connectivity index (χ0n) is 32.9. The van der Waals surface area contributed by atoms with Crippen molar-refractivity contribution < 1.29 is 48.0 Å². The first kappa shape index (κ1) is 51.4. The molecule has 0 aromatic carbocycles. The average molecular weight is 872 g/mol. The van der Waals surface area contributed by atoms with Gasteiger partial charge >= 0.3 is 5.97 Å². The van der Waals surface area contributed by atoms with Crippen LogP contribution < -0.4 is 16.0 Å². The van der Waals surface area contributed by atoms with E-state index in [1.165, 1.54) is 77.0 Å². The average Bonchev–Trinajstić information content (AvgIpc) is 3.14. The van der Waals surface area contributed by atoms with Crippen LogP contribution >= 0.6 is 22.6 Å². The van der Waals surface area contributed by atoms with Crippen molar-refractivity contribution in [1.82, 2.24) is 16.0 Å². The third-order valence-corrected chi connectivity index (χ3v) is 9.23. The molecule has 0 aromatic heterocycles. The molecule has 0 saturated heterocycles. The number of halogens is 1. The first-order valence-corrected chi connectivity index (χ1v) is 21.9. The summed E-state index contributed by atoms with van der Waals surface area (Å²) in [5.41, 5.74) is 0. The second kappa shape index (κ2) is 41.6. The Balaban J connectivity index is 3.53. The summed E-state index contributed by atoms with van der Waals surface area (Å²) in [5.74, 6) is -1.35. The van der Waals surface area contributed by atoms with Crippen LogP contribution in [0.25, 0.3) is 0 Å². The predicted octanol–water partition coefficient (Wildman–Crippen LogP) is 6.13. The molecule has 4 N–H and O–H groups in total. The van der Waals surface area contributed by atoms with Gasteiger partial charge in [-0.2, -0.15) is 0 Å². The highest BCUT2D eigenvalue weighted by molar-refractivity contribution is 14.1. The molecule has 0 saturated carbocycles. The topological polar surface area (TPSA) is 171 Å². The summed E-state index contributed by atoms with van der Waals surface area (Å²) in [4.78, 5) is 47.1. The molecule has 3 amide bonds. The number of carboxylic acid groups (broad SMARTS) is 1. The summed E-state index contributed by atoms with van der Waals surface area (Å²) >= 11 is 2.01. The van der Waals surface area contributed by atoms with Gasteiger partial charge in [0.15, 0.2) is 0 Å². The van der Waals surface area contributed by atoms with Crippen LogP contribution in [-0.4, -0.2) is 118 Å². The molecule has 0 aliphatic carbocycles. The summed E-state index contributed by atoms with van der Waals surface area (Å²) in [5, 5.41) is 17.8. The highest BCUT2D eigenvalue weighted by atomic mass is 127. The van der Waals surface area contributed by atoms with E-state index in [1.807, 2.05) is 22.6 Å². The lowest BCUT2D eigenvalue weighted by Crippen LogP contribution is -2.40. The van der Waals surface area contributed by atoms with E-state index in [0.29, 0.717) is 103 Å². The van der Waals surface area contributed by atoms with E-state index in [4.69, 9.17) is 23.7 Å². The molecule has 0 aliphatic rings.